The number of pyridine rings is 1. The van der Waals surface area contributed by atoms with Crippen LogP contribution in [0.1, 0.15) is 83.9 Å². The number of nitrogens with one attached hydrogen (secondary N) is 3. The number of nitrogens with zero attached hydrogens (tertiary/aromatic N) is 4. The summed E-state index contributed by atoms with van der Waals surface area (Å²) >= 11 is 6.24. The van der Waals surface area contributed by atoms with E-state index in [1.165, 1.54) is 29.0 Å². The fourth-order valence-electron chi connectivity index (χ4n) is 8.58. The Labute approximate surface area is 364 Å². The number of aromatic nitrogens is 2. The first-order chi connectivity index (χ1) is 30.0. The van der Waals surface area contributed by atoms with Crippen LogP contribution in [0.3, 0.4) is 0 Å². The van der Waals surface area contributed by atoms with Crippen LogP contribution in [-0.4, -0.2) is 73.3 Å². The molecule has 3 heterocycles. The molecule has 0 radical (unpaired) electrons. The highest BCUT2D eigenvalue weighted by Crippen LogP contribution is 2.43. The third kappa shape index (κ3) is 10.0. The van der Waals surface area contributed by atoms with Gasteiger partial charge < -0.3 is 19.9 Å². The van der Waals surface area contributed by atoms with Gasteiger partial charge in [0.25, 0.3) is 21.6 Å². The molecule has 1 saturated carbocycles. The number of carbonyl (C=O) groups is 1. The molecular formula is C46H52ClN7O6S. The van der Waals surface area contributed by atoms with Crippen LogP contribution in [-0.2, 0) is 10.0 Å². The fourth-order valence-corrected chi connectivity index (χ4v) is 9.69. The van der Waals surface area contributed by atoms with Crippen LogP contribution in [0, 0.1) is 21.4 Å². The van der Waals surface area contributed by atoms with Gasteiger partial charge in [-0.25, -0.2) is 18.1 Å². The molecular weight excluding hydrogens is 814 g/mol. The number of halogens is 1. The number of allylic oxidation sites excluding steroid dienone is 1. The Kier molecular flexibility index (Phi) is 11.6. The fraction of sp³-hybridized carbons (Fsp3) is 0.391. The molecule has 1 saturated heterocycles. The average molecular weight is 868 g/mol. The van der Waals surface area contributed by atoms with Crippen molar-refractivity contribution in [3.8, 4) is 11.5 Å². The first-order valence-electron chi connectivity index (χ1n) is 21.9. The van der Waals surface area contributed by atoms with Crippen molar-refractivity contribution < 1.29 is 25.6 Å². The van der Waals surface area contributed by atoms with E-state index in [4.69, 9.17) is 19.1 Å². The number of benzene rings is 3. The van der Waals surface area contributed by atoms with Crippen LogP contribution in [0.2, 0.25) is 5.02 Å². The SMILES string of the molecule is [2H]C([2H])(Nc1ccc(S(=O)(=O)NC(=O)c2ccc(N3CCN(CC4=C(c5ccc(Cl)cc5)CC(C)(C)CC4)CC3)cc2Oc2cnc3[nH]ccc3c2)cc1[N+](=O)[O-])C1CCCCC1. The largest absolute Gasteiger partial charge is 0.455 e. The molecule has 1 aliphatic heterocycles. The summed E-state index contributed by atoms with van der Waals surface area (Å²) in [5.74, 6) is -0.935. The molecule has 3 N–H and O–H groups in total. The summed E-state index contributed by atoms with van der Waals surface area (Å²) in [5, 5.41) is 16.3. The van der Waals surface area contributed by atoms with E-state index in [0.29, 0.717) is 37.3 Å². The Balaban J connectivity index is 1.01. The average Bonchev–Trinajstić information content (AvgIpc) is 3.73. The van der Waals surface area contributed by atoms with Crippen molar-refractivity contribution >= 4 is 61.2 Å². The number of piperazine rings is 1. The van der Waals surface area contributed by atoms with E-state index < -0.39 is 37.9 Å². The molecule has 5 aromatic rings. The molecule has 320 valence electrons. The maximum absolute atomic E-state index is 14.0. The van der Waals surface area contributed by atoms with E-state index in [0.717, 1.165) is 92.5 Å². The molecule has 2 aromatic heterocycles. The van der Waals surface area contributed by atoms with Crippen molar-refractivity contribution in [3.05, 3.63) is 117 Å². The first kappa shape index (κ1) is 39.7. The second kappa shape index (κ2) is 17.9. The maximum Gasteiger partial charge on any atom is 0.293 e. The molecule has 15 heteroatoms. The van der Waals surface area contributed by atoms with Gasteiger partial charge in [0.05, 0.1) is 21.6 Å². The number of hydrogen-bond donors (Lipinski definition) is 3. The number of aromatic amines is 1. The van der Waals surface area contributed by atoms with E-state index in [9.17, 15) is 23.3 Å². The van der Waals surface area contributed by atoms with Crippen molar-refractivity contribution in [3.63, 3.8) is 0 Å². The third-order valence-corrected chi connectivity index (χ3v) is 13.6. The van der Waals surface area contributed by atoms with Crippen molar-refractivity contribution in [2.75, 3.05) is 49.4 Å². The highest BCUT2D eigenvalue weighted by atomic mass is 35.5. The summed E-state index contributed by atoms with van der Waals surface area (Å²) in [7, 11) is -4.66. The van der Waals surface area contributed by atoms with Crippen molar-refractivity contribution in [2.24, 2.45) is 11.3 Å². The highest BCUT2D eigenvalue weighted by molar-refractivity contribution is 7.90. The normalized spacial score (nSPS) is 18.4. The second-order valence-corrected chi connectivity index (χ2v) is 19.2. The minimum absolute atomic E-state index is 0.0783. The maximum atomic E-state index is 14.0. The number of fused-ring (bicyclic) bond motifs is 1. The molecule has 0 unspecified atom stereocenters. The lowest BCUT2D eigenvalue weighted by molar-refractivity contribution is -0.384. The van der Waals surface area contributed by atoms with Gasteiger partial charge in [0.2, 0.25) is 0 Å². The molecule has 0 bridgehead atoms. The molecule has 13 nitrogen and oxygen atoms in total. The van der Waals surface area contributed by atoms with Crippen molar-refractivity contribution in [1.82, 2.24) is 19.6 Å². The quantitative estimate of drug-likeness (QED) is 0.0767. The minimum Gasteiger partial charge on any atom is -0.455 e. The Morgan fingerprint density at radius 3 is 2.56 bits per heavy atom. The van der Waals surface area contributed by atoms with Crippen LogP contribution < -0.4 is 19.7 Å². The summed E-state index contributed by atoms with van der Waals surface area (Å²) in [6.07, 6.45) is 10.4. The van der Waals surface area contributed by atoms with Gasteiger partial charge in [-0.3, -0.25) is 19.8 Å². The van der Waals surface area contributed by atoms with Gasteiger partial charge in [0, 0.05) is 76.4 Å². The summed E-state index contributed by atoms with van der Waals surface area (Å²) in [6.45, 7) is 6.59. The van der Waals surface area contributed by atoms with Crippen LogP contribution in [0.25, 0.3) is 16.6 Å². The number of hydrogen-bond acceptors (Lipinski definition) is 10. The van der Waals surface area contributed by atoms with Gasteiger partial charge in [-0.15, -0.1) is 0 Å². The van der Waals surface area contributed by atoms with Gasteiger partial charge in [-0.2, -0.15) is 0 Å². The Hall–Kier alpha value is -5.44. The van der Waals surface area contributed by atoms with E-state index in [2.05, 4.69) is 55.8 Å². The number of anilines is 2. The van der Waals surface area contributed by atoms with Gasteiger partial charge >= 0.3 is 0 Å². The van der Waals surface area contributed by atoms with Crippen molar-refractivity contribution in [2.45, 2.75) is 70.1 Å². The third-order valence-electron chi connectivity index (χ3n) is 12.1. The van der Waals surface area contributed by atoms with Crippen LogP contribution in [0.15, 0.2) is 95.7 Å². The highest BCUT2D eigenvalue weighted by Gasteiger charge is 2.30. The number of amides is 1. The smallest absolute Gasteiger partial charge is 0.293 e. The number of sulfonamides is 1. The van der Waals surface area contributed by atoms with Gasteiger partial charge in [0.1, 0.15) is 22.8 Å². The molecule has 8 rings (SSSR count). The zero-order valence-corrected chi connectivity index (χ0v) is 35.9. The molecule has 2 fully saturated rings. The van der Waals surface area contributed by atoms with E-state index in [1.54, 1.807) is 24.4 Å². The number of ether oxygens (including phenoxy) is 1. The first-order valence-corrected chi connectivity index (χ1v) is 22.7. The summed E-state index contributed by atoms with van der Waals surface area (Å²) in [4.78, 5) is 37.0. The number of nitro benzene ring substituents is 1. The number of carbonyl (C=O) groups excluding carboxylic acids is 1. The predicted molar refractivity (Wildman–Crippen MR) is 240 cm³/mol. The molecule has 3 aromatic carbocycles. The second-order valence-electron chi connectivity index (χ2n) is 17.0. The van der Waals surface area contributed by atoms with Gasteiger partial charge in [-0.1, -0.05) is 62.4 Å². The van der Waals surface area contributed by atoms with E-state index in [1.807, 2.05) is 18.2 Å². The topological polar surface area (TPSA) is 163 Å². The lowest BCUT2D eigenvalue weighted by atomic mass is 9.72. The monoisotopic (exact) mass is 867 g/mol. The Morgan fingerprint density at radius 1 is 1.03 bits per heavy atom. The van der Waals surface area contributed by atoms with Gasteiger partial charge in [0.15, 0.2) is 0 Å². The van der Waals surface area contributed by atoms with Crippen molar-refractivity contribution in [1.29, 1.82) is 0 Å². The lowest BCUT2D eigenvalue weighted by Crippen LogP contribution is -2.47. The zero-order chi connectivity index (χ0) is 44.5. The van der Waals surface area contributed by atoms with Gasteiger partial charge in [-0.05, 0) is 103 Å². The van der Waals surface area contributed by atoms with Crippen LogP contribution >= 0.6 is 11.6 Å². The molecule has 0 atom stereocenters. The van der Waals surface area contributed by atoms with Crippen LogP contribution in [0.4, 0.5) is 17.1 Å². The van der Waals surface area contributed by atoms with E-state index in [-0.39, 0.29) is 28.3 Å². The number of nitro groups is 1. The lowest BCUT2D eigenvalue weighted by Gasteiger charge is -2.39. The standard InChI is InChI=1S/C46H52ClN7O6S/c1-46(2)18-16-34(40(27-46)32-8-10-35(47)11-9-32)30-52-20-22-53(23-21-52)36-12-14-39(43(25-36)60-37-24-33-17-19-48-44(33)50-29-37)45(55)51-61(58,59)38-13-15-41(42(26-38)54(56)57)49-28-31-6-4-3-5-7-31/h8-15,17,19,24-26,29,31,49H,3-7,16,18,20-23,27-28,30H2,1-2H3,(H,48,50)(H,51,55)/i28D2. The van der Waals surface area contributed by atoms with E-state index >= 15 is 0 Å². The molecule has 3 aliphatic rings. The molecule has 61 heavy (non-hydrogen) atoms. The number of H-pyrrole nitrogens is 1. The predicted octanol–water partition coefficient (Wildman–Crippen LogP) is 9.81. The van der Waals surface area contributed by atoms with Crippen LogP contribution in [0.5, 0.6) is 11.5 Å². The summed E-state index contributed by atoms with van der Waals surface area (Å²) < 4.78 is 53.1. The number of rotatable bonds is 13. The molecule has 0 spiro atoms. The molecule has 1 amide bonds. The summed E-state index contributed by atoms with van der Waals surface area (Å²) in [6, 6.07) is 19.8. The minimum atomic E-state index is -4.66. The summed E-state index contributed by atoms with van der Waals surface area (Å²) in [5.41, 5.74) is 4.86. The zero-order valence-electron chi connectivity index (χ0n) is 36.4. The Bertz CT molecular complexity index is 2660. The molecule has 2 aliphatic carbocycles. The Morgan fingerprint density at radius 2 is 1.80 bits per heavy atom.